The average Bonchev–Trinajstić information content (AvgIpc) is 2.42. The number of hydrogen-bond acceptors (Lipinski definition) is 2. The molecule has 1 aliphatic rings. The SMILES string of the molecule is CC(C)Cc1ccc(C(C)NC2CCN(C)CC2C)cc1. The summed E-state index contributed by atoms with van der Waals surface area (Å²) in [5.74, 6) is 1.46. The van der Waals surface area contributed by atoms with Crippen molar-refractivity contribution in [3.63, 3.8) is 0 Å². The summed E-state index contributed by atoms with van der Waals surface area (Å²) in [7, 11) is 2.23. The Morgan fingerprint density at radius 2 is 1.86 bits per heavy atom. The summed E-state index contributed by atoms with van der Waals surface area (Å²) in [5.41, 5.74) is 2.86. The maximum absolute atomic E-state index is 3.84. The monoisotopic (exact) mass is 288 g/mol. The smallest absolute Gasteiger partial charge is 0.0294 e. The van der Waals surface area contributed by atoms with Gasteiger partial charge in [-0.3, -0.25) is 0 Å². The van der Waals surface area contributed by atoms with Crippen LogP contribution in [0.1, 0.15) is 51.3 Å². The molecule has 0 aliphatic carbocycles. The largest absolute Gasteiger partial charge is 0.307 e. The predicted molar refractivity (Wildman–Crippen MR) is 91.6 cm³/mol. The van der Waals surface area contributed by atoms with Gasteiger partial charge in [0.05, 0.1) is 0 Å². The maximum atomic E-state index is 3.84. The standard InChI is InChI=1S/C19H32N2/c1-14(2)12-17-6-8-18(9-7-17)16(4)20-19-10-11-21(5)13-15(19)3/h6-9,14-16,19-20H,10-13H2,1-5H3. The first-order chi connectivity index (χ1) is 9.95. The average molecular weight is 288 g/mol. The maximum Gasteiger partial charge on any atom is 0.0294 e. The summed E-state index contributed by atoms with van der Waals surface area (Å²) >= 11 is 0. The molecule has 0 aromatic heterocycles. The molecule has 1 aromatic carbocycles. The van der Waals surface area contributed by atoms with E-state index >= 15 is 0 Å². The second-order valence-corrected chi connectivity index (χ2v) is 7.36. The van der Waals surface area contributed by atoms with Crippen LogP contribution in [0.5, 0.6) is 0 Å². The summed E-state index contributed by atoms with van der Waals surface area (Å²) < 4.78 is 0. The van der Waals surface area contributed by atoms with E-state index in [1.54, 1.807) is 0 Å². The first-order valence-corrected chi connectivity index (χ1v) is 8.49. The second kappa shape index (κ2) is 7.42. The van der Waals surface area contributed by atoms with E-state index in [-0.39, 0.29) is 0 Å². The van der Waals surface area contributed by atoms with Crippen molar-refractivity contribution in [3.8, 4) is 0 Å². The van der Waals surface area contributed by atoms with Crippen LogP contribution in [0.2, 0.25) is 0 Å². The van der Waals surface area contributed by atoms with Crippen LogP contribution in [0.3, 0.4) is 0 Å². The number of nitrogens with one attached hydrogen (secondary N) is 1. The lowest BCUT2D eigenvalue weighted by Crippen LogP contribution is -2.47. The molecule has 0 radical (unpaired) electrons. The van der Waals surface area contributed by atoms with Crippen LogP contribution in [0.4, 0.5) is 0 Å². The number of rotatable bonds is 5. The van der Waals surface area contributed by atoms with Gasteiger partial charge in [0.1, 0.15) is 0 Å². The lowest BCUT2D eigenvalue weighted by molar-refractivity contribution is 0.168. The lowest BCUT2D eigenvalue weighted by atomic mass is 9.92. The van der Waals surface area contributed by atoms with Crippen molar-refractivity contribution in [2.45, 2.75) is 52.6 Å². The first kappa shape index (κ1) is 16.5. The van der Waals surface area contributed by atoms with Gasteiger partial charge in [0, 0.05) is 18.6 Å². The van der Waals surface area contributed by atoms with Crippen molar-refractivity contribution in [1.82, 2.24) is 10.2 Å². The molecule has 21 heavy (non-hydrogen) atoms. The van der Waals surface area contributed by atoms with E-state index in [1.165, 1.54) is 37.1 Å². The van der Waals surface area contributed by atoms with Crippen LogP contribution in [0.15, 0.2) is 24.3 Å². The number of likely N-dealkylation sites (tertiary alicyclic amines) is 1. The van der Waals surface area contributed by atoms with E-state index in [1.807, 2.05) is 0 Å². The minimum atomic E-state index is 0.439. The molecular formula is C19H32N2. The number of nitrogens with zero attached hydrogens (tertiary/aromatic N) is 1. The number of piperidine rings is 1. The molecule has 0 amide bonds. The van der Waals surface area contributed by atoms with Gasteiger partial charge in [-0.2, -0.15) is 0 Å². The van der Waals surface area contributed by atoms with Crippen LogP contribution in [0, 0.1) is 11.8 Å². The Balaban J connectivity index is 1.92. The Hall–Kier alpha value is -0.860. The van der Waals surface area contributed by atoms with E-state index in [0.717, 1.165) is 11.8 Å². The number of benzene rings is 1. The molecule has 1 N–H and O–H groups in total. The zero-order valence-electron chi connectivity index (χ0n) is 14.4. The zero-order chi connectivity index (χ0) is 15.4. The molecule has 1 heterocycles. The van der Waals surface area contributed by atoms with Gasteiger partial charge in [-0.25, -0.2) is 0 Å². The molecule has 3 atom stereocenters. The molecule has 118 valence electrons. The van der Waals surface area contributed by atoms with Crippen molar-refractivity contribution in [3.05, 3.63) is 35.4 Å². The second-order valence-electron chi connectivity index (χ2n) is 7.36. The quantitative estimate of drug-likeness (QED) is 0.884. The van der Waals surface area contributed by atoms with Crippen LogP contribution in [-0.2, 0) is 6.42 Å². The molecule has 1 fully saturated rings. The molecule has 2 rings (SSSR count). The Morgan fingerprint density at radius 1 is 1.19 bits per heavy atom. The van der Waals surface area contributed by atoms with Crippen LogP contribution in [-0.4, -0.2) is 31.1 Å². The van der Waals surface area contributed by atoms with Gasteiger partial charge in [0.25, 0.3) is 0 Å². The first-order valence-electron chi connectivity index (χ1n) is 8.49. The van der Waals surface area contributed by atoms with Crippen molar-refractivity contribution < 1.29 is 0 Å². The summed E-state index contributed by atoms with van der Waals surface area (Å²) in [6, 6.07) is 10.3. The minimum Gasteiger partial charge on any atom is -0.307 e. The fourth-order valence-electron chi connectivity index (χ4n) is 3.43. The van der Waals surface area contributed by atoms with E-state index in [0.29, 0.717) is 12.1 Å². The highest BCUT2D eigenvalue weighted by Crippen LogP contribution is 2.21. The molecule has 1 saturated heterocycles. The predicted octanol–water partition coefficient (Wildman–Crippen LogP) is 3.88. The minimum absolute atomic E-state index is 0.439. The van der Waals surface area contributed by atoms with E-state index in [2.05, 4.69) is 69.2 Å². The Bertz CT molecular complexity index is 424. The Kier molecular flexibility index (Phi) is 5.83. The van der Waals surface area contributed by atoms with Gasteiger partial charge in [-0.15, -0.1) is 0 Å². The third-order valence-corrected chi connectivity index (χ3v) is 4.70. The van der Waals surface area contributed by atoms with E-state index in [9.17, 15) is 0 Å². The van der Waals surface area contributed by atoms with Crippen molar-refractivity contribution in [2.75, 3.05) is 20.1 Å². The fourth-order valence-corrected chi connectivity index (χ4v) is 3.43. The van der Waals surface area contributed by atoms with Crippen molar-refractivity contribution in [1.29, 1.82) is 0 Å². The van der Waals surface area contributed by atoms with Gasteiger partial charge in [-0.1, -0.05) is 45.0 Å². The van der Waals surface area contributed by atoms with Crippen LogP contribution < -0.4 is 5.32 Å². The lowest BCUT2D eigenvalue weighted by Gasteiger charge is -2.37. The molecule has 1 aromatic rings. The van der Waals surface area contributed by atoms with Gasteiger partial charge < -0.3 is 10.2 Å². The highest BCUT2D eigenvalue weighted by atomic mass is 15.1. The normalized spacial score (nSPS) is 25.2. The molecule has 0 bridgehead atoms. The van der Waals surface area contributed by atoms with Gasteiger partial charge >= 0.3 is 0 Å². The molecule has 2 nitrogen and oxygen atoms in total. The summed E-state index contributed by atoms with van der Waals surface area (Å²) in [6.07, 6.45) is 2.43. The molecule has 0 spiro atoms. The number of hydrogen-bond donors (Lipinski definition) is 1. The fraction of sp³-hybridized carbons (Fsp3) is 0.684. The van der Waals surface area contributed by atoms with E-state index in [4.69, 9.17) is 0 Å². The van der Waals surface area contributed by atoms with Crippen molar-refractivity contribution >= 4 is 0 Å². The highest BCUT2D eigenvalue weighted by molar-refractivity contribution is 5.25. The van der Waals surface area contributed by atoms with Crippen LogP contribution in [0.25, 0.3) is 0 Å². The topological polar surface area (TPSA) is 15.3 Å². The van der Waals surface area contributed by atoms with E-state index < -0.39 is 0 Å². The third-order valence-electron chi connectivity index (χ3n) is 4.70. The summed E-state index contributed by atoms with van der Waals surface area (Å²) in [4.78, 5) is 2.44. The molecule has 1 aliphatic heterocycles. The van der Waals surface area contributed by atoms with Gasteiger partial charge in [0.2, 0.25) is 0 Å². The van der Waals surface area contributed by atoms with Gasteiger partial charge in [0.15, 0.2) is 0 Å². The Morgan fingerprint density at radius 3 is 2.43 bits per heavy atom. The van der Waals surface area contributed by atoms with Gasteiger partial charge in [-0.05, 0) is 56.3 Å². The Labute approximate surface area is 130 Å². The highest BCUT2D eigenvalue weighted by Gasteiger charge is 2.25. The van der Waals surface area contributed by atoms with Crippen molar-refractivity contribution in [2.24, 2.45) is 11.8 Å². The molecule has 0 saturated carbocycles. The third kappa shape index (κ3) is 4.82. The summed E-state index contributed by atoms with van der Waals surface area (Å²) in [5, 5.41) is 3.84. The molecule has 3 unspecified atom stereocenters. The summed E-state index contributed by atoms with van der Waals surface area (Å²) in [6.45, 7) is 11.6. The zero-order valence-corrected chi connectivity index (χ0v) is 14.4. The molecule has 2 heteroatoms. The molecular weight excluding hydrogens is 256 g/mol. The van der Waals surface area contributed by atoms with Crippen LogP contribution >= 0.6 is 0 Å².